The molecule has 0 aliphatic carbocycles. The summed E-state index contributed by atoms with van der Waals surface area (Å²) in [5.41, 5.74) is 2.50. The molecule has 0 saturated carbocycles. The van der Waals surface area contributed by atoms with E-state index in [1.807, 2.05) is 24.3 Å². The number of carbonyl (C=O) groups is 2. The molecule has 2 amide bonds. The zero-order chi connectivity index (χ0) is 20.6. The van der Waals surface area contributed by atoms with Gasteiger partial charge < -0.3 is 19.4 Å². The molecular formula is C21H27N5O3. The van der Waals surface area contributed by atoms with Crippen molar-refractivity contribution in [1.82, 2.24) is 19.8 Å². The number of nitrogens with zero attached hydrogens (tertiary/aromatic N) is 5. The molecule has 3 heterocycles. The zero-order valence-electron chi connectivity index (χ0n) is 17.0. The Bertz CT molecular complexity index is 822. The summed E-state index contributed by atoms with van der Waals surface area (Å²) >= 11 is 0. The number of amides is 2. The lowest BCUT2D eigenvalue weighted by Crippen LogP contribution is -2.49. The van der Waals surface area contributed by atoms with E-state index in [0.717, 1.165) is 17.7 Å². The molecule has 8 heteroatoms. The first-order valence-electron chi connectivity index (χ1n) is 9.85. The Morgan fingerprint density at radius 2 is 1.83 bits per heavy atom. The first-order valence-corrected chi connectivity index (χ1v) is 9.85. The Hall–Kier alpha value is -3.16. The molecule has 1 aliphatic heterocycles. The van der Waals surface area contributed by atoms with Crippen LogP contribution in [0.4, 0.5) is 10.5 Å². The fourth-order valence-corrected chi connectivity index (χ4v) is 3.24. The molecule has 154 valence electrons. The summed E-state index contributed by atoms with van der Waals surface area (Å²) in [6.07, 6.45) is 5.67. The lowest BCUT2D eigenvalue weighted by atomic mass is 10.2. The largest absolute Gasteiger partial charge is 0.450 e. The molecule has 0 atom stereocenters. The van der Waals surface area contributed by atoms with E-state index >= 15 is 0 Å². The Labute approximate surface area is 171 Å². The summed E-state index contributed by atoms with van der Waals surface area (Å²) in [6.45, 7) is 5.35. The maximum absolute atomic E-state index is 12.8. The van der Waals surface area contributed by atoms with Crippen LogP contribution in [-0.2, 0) is 11.2 Å². The average molecular weight is 397 g/mol. The maximum atomic E-state index is 12.8. The summed E-state index contributed by atoms with van der Waals surface area (Å²) in [6, 6.07) is 7.62. The van der Waals surface area contributed by atoms with Crippen LogP contribution in [0.3, 0.4) is 0 Å². The molecule has 2 aromatic heterocycles. The Morgan fingerprint density at radius 3 is 2.52 bits per heavy atom. The minimum atomic E-state index is -0.270. The van der Waals surface area contributed by atoms with Gasteiger partial charge in [0, 0.05) is 64.0 Å². The Kier molecular flexibility index (Phi) is 6.99. The molecule has 2 aromatic rings. The molecule has 8 nitrogen and oxygen atoms in total. The van der Waals surface area contributed by atoms with Crippen molar-refractivity contribution in [2.24, 2.45) is 0 Å². The average Bonchev–Trinajstić information content (AvgIpc) is 2.78. The van der Waals surface area contributed by atoms with Crippen LogP contribution in [0.25, 0.3) is 0 Å². The van der Waals surface area contributed by atoms with Gasteiger partial charge in [0.05, 0.1) is 6.61 Å². The zero-order valence-corrected chi connectivity index (χ0v) is 17.0. The van der Waals surface area contributed by atoms with Gasteiger partial charge in [0.15, 0.2) is 0 Å². The number of piperazine rings is 1. The first kappa shape index (κ1) is 20.6. The van der Waals surface area contributed by atoms with Crippen LogP contribution in [0.15, 0.2) is 42.9 Å². The van der Waals surface area contributed by atoms with Gasteiger partial charge >= 0.3 is 6.09 Å². The number of likely N-dealkylation sites (N-methyl/N-ethyl adjacent to an activating group) is 1. The summed E-state index contributed by atoms with van der Waals surface area (Å²) < 4.78 is 5.06. The number of aromatic nitrogens is 2. The van der Waals surface area contributed by atoms with Gasteiger partial charge in [0.1, 0.15) is 5.69 Å². The summed E-state index contributed by atoms with van der Waals surface area (Å²) in [5, 5.41) is 0. The van der Waals surface area contributed by atoms with Gasteiger partial charge in [-0.25, -0.2) is 4.79 Å². The smallest absolute Gasteiger partial charge is 0.409 e. The van der Waals surface area contributed by atoms with Crippen molar-refractivity contribution in [3.05, 3.63) is 54.1 Å². The second-order valence-electron chi connectivity index (χ2n) is 6.90. The van der Waals surface area contributed by atoms with Crippen LogP contribution in [-0.4, -0.2) is 78.1 Å². The Balaban J connectivity index is 1.57. The molecule has 0 radical (unpaired) electrons. The van der Waals surface area contributed by atoms with E-state index in [0.29, 0.717) is 45.0 Å². The van der Waals surface area contributed by atoms with Gasteiger partial charge in [0.25, 0.3) is 5.91 Å². The number of anilines is 1. The second kappa shape index (κ2) is 9.86. The van der Waals surface area contributed by atoms with Crippen molar-refractivity contribution >= 4 is 17.7 Å². The monoisotopic (exact) mass is 397 g/mol. The molecule has 1 fully saturated rings. The molecule has 3 rings (SSSR count). The van der Waals surface area contributed by atoms with Crippen molar-refractivity contribution in [2.75, 3.05) is 51.3 Å². The number of pyridine rings is 2. The number of hydrogen-bond acceptors (Lipinski definition) is 6. The summed E-state index contributed by atoms with van der Waals surface area (Å²) in [7, 11) is 1.79. The van der Waals surface area contributed by atoms with Crippen molar-refractivity contribution < 1.29 is 14.3 Å². The van der Waals surface area contributed by atoms with Crippen LogP contribution in [0.2, 0.25) is 0 Å². The third kappa shape index (κ3) is 5.43. The lowest BCUT2D eigenvalue weighted by molar-refractivity contribution is 0.0791. The van der Waals surface area contributed by atoms with Gasteiger partial charge in [0.2, 0.25) is 0 Å². The summed E-state index contributed by atoms with van der Waals surface area (Å²) in [4.78, 5) is 38.4. The van der Waals surface area contributed by atoms with Gasteiger partial charge in [-0.2, -0.15) is 0 Å². The number of hydrogen-bond donors (Lipinski definition) is 0. The summed E-state index contributed by atoms with van der Waals surface area (Å²) in [5.74, 6) is -0.105. The molecule has 0 unspecified atom stereocenters. The second-order valence-corrected chi connectivity index (χ2v) is 6.90. The minimum Gasteiger partial charge on any atom is -0.450 e. The third-order valence-electron chi connectivity index (χ3n) is 4.97. The van der Waals surface area contributed by atoms with Crippen LogP contribution >= 0.6 is 0 Å². The predicted octanol–water partition coefficient (Wildman–Crippen LogP) is 2.07. The highest BCUT2D eigenvalue weighted by Crippen LogP contribution is 2.18. The molecule has 0 N–H and O–H groups in total. The standard InChI is InChI=1S/C21H27N5O3/c1-3-29-21(28)26-14-12-25(13-15-26)18-6-10-23-19(16-18)20(27)24(2)11-7-17-4-8-22-9-5-17/h4-6,8-10,16H,3,7,11-15H2,1-2H3. The first-order chi connectivity index (χ1) is 14.1. The predicted molar refractivity (Wildman–Crippen MR) is 110 cm³/mol. The highest BCUT2D eigenvalue weighted by atomic mass is 16.6. The van der Waals surface area contributed by atoms with E-state index in [-0.39, 0.29) is 12.0 Å². The molecule has 0 aromatic carbocycles. The van der Waals surface area contributed by atoms with Crippen molar-refractivity contribution in [3.63, 3.8) is 0 Å². The quantitative estimate of drug-likeness (QED) is 0.743. The van der Waals surface area contributed by atoms with E-state index in [9.17, 15) is 9.59 Å². The van der Waals surface area contributed by atoms with Gasteiger partial charge in [-0.3, -0.25) is 14.8 Å². The molecule has 29 heavy (non-hydrogen) atoms. The Morgan fingerprint density at radius 1 is 1.10 bits per heavy atom. The lowest BCUT2D eigenvalue weighted by Gasteiger charge is -2.35. The van der Waals surface area contributed by atoms with Gasteiger partial charge in [-0.1, -0.05) is 0 Å². The van der Waals surface area contributed by atoms with Gasteiger partial charge in [-0.05, 0) is 43.2 Å². The van der Waals surface area contributed by atoms with E-state index < -0.39 is 0 Å². The number of carbonyl (C=O) groups excluding carboxylic acids is 2. The normalized spacial score (nSPS) is 13.9. The highest BCUT2D eigenvalue weighted by Gasteiger charge is 2.23. The number of rotatable bonds is 6. The van der Waals surface area contributed by atoms with Crippen molar-refractivity contribution in [3.8, 4) is 0 Å². The molecule has 1 saturated heterocycles. The van der Waals surface area contributed by atoms with E-state index in [4.69, 9.17) is 4.74 Å². The fourth-order valence-electron chi connectivity index (χ4n) is 3.24. The fraction of sp³-hybridized carbons (Fsp3) is 0.429. The minimum absolute atomic E-state index is 0.105. The SMILES string of the molecule is CCOC(=O)N1CCN(c2ccnc(C(=O)N(C)CCc3ccncc3)c2)CC1. The third-order valence-corrected chi connectivity index (χ3v) is 4.97. The molecule has 1 aliphatic rings. The topological polar surface area (TPSA) is 78.9 Å². The molecule has 0 spiro atoms. The highest BCUT2D eigenvalue weighted by molar-refractivity contribution is 5.93. The van der Waals surface area contributed by atoms with Crippen LogP contribution < -0.4 is 4.90 Å². The van der Waals surface area contributed by atoms with E-state index in [2.05, 4.69) is 14.9 Å². The maximum Gasteiger partial charge on any atom is 0.409 e. The number of ether oxygens (including phenoxy) is 1. The van der Waals surface area contributed by atoms with E-state index in [1.54, 1.807) is 42.4 Å². The van der Waals surface area contributed by atoms with Gasteiger partial charge in [-0.15, -0.1) is 0 Å². The van der Waals surface area contributed by atoms with E-state index in [1.165, 1.54) is 0 Å². The van der Waals surface area contributed by atoms with Crippen molar-refractivity contribution in [1.29, 1.82) is 0 Å². The van der Waals surface area contributed by atoms with Crippen LogP contribution in [0.5, 0.6) is 0 Å². The van der Waals surface area contributed by atoms with Crippen molar-refractivity contribution in [2.45, 2.75) is 13.3 Å². The van der Waals surface area contributed by atoms with Crippen LogP contribution in [0, 0.1) is 0 Å². The molecule has 0 bridgehead atoms. The molecular weight excluding hydrogens is 370 g/mol. The van der Waals surface area contributed by atoms with Crippen LogP contribution in [0.1, 0.15) is 23.0 Å².